The minimum absolute atomic E-state index is 0.00463. The van der Waals surface area contributed by atoms with Crippen molar-refractivity contribution in [3.63, 3.8) is 0 Å². The van der Waals surface area contributed by atoms with E-state index in [-0.39, 0.29) is 10.2 Å². The van der Waals surface area contributed by atoms with E-state index in [4.69, 9.17) is 11.1 Å². The van der Waals surface area contributed by atoms with Gasteiger partial charge in [0.25, 0.3) is 0 Å². The molecule has 0 radical (unpaired) electrons. The maximum absolute atomic E-state index is 6.15. The van der Waals surface area contributed by atoms with Crippen LogP contribution in [0.1, 0.15) is 0 Å². The van der Waals surface area contributed by atoms with Gasteiger partial charge in [0.1, 0.15) is 0 Å². The fourth-order valence-corrected chi connectivity index (χ4v) is 0.668. The van der Waals surface area contributed by atoms with E-state index < -0.39 is 0 Å². The summed E-state index contributed by atoms with van der Waals surface area (Å²) >= 11 is 8.53. The van der Waals surface area contributed by atoms with Crippen LogP contribution in [0.15, 0.2) is 10.2 Å². The normalized spacial score (nSPS) is 12.6. The average Bonchev–Trinajstić information content (AvgIpc) is 2.48. The van der Waals surface area contributed by atoms with Gasteiger partial charge in [0.2, 0.25) is 10.2 Å². The molecule has 18 heavy (non-hydrogen) atoms. The number of hydrazine groups is 2. The number of thiocarbonyl (C=S) groups is 2. The van der Waals surface area contributed by atoms with Crippen LogP contribution >= 0.6 is 24.4 Å². The summed E-state index contributed by atoms with van der Waals surface area (Å²) in [6.07, 6.45) is 0. The van der Waals surface area contributed by atoms with Gasteiger partial charge in [-0.15, -0.1) is 10.2 Å². The number of nitrogens with two attached hydrogens (primary N) is 2. The molecule has 0 spiro atoms. The number of nitrogens with one attached hydrogen (secondary N) is 6. The molecule has 1 aliphatic heterocycles. The lowest BCUT2D eigenvalue weighted by Gasteiger charge is -2.11. The van der Waals surface area contributed by atoms with Crippen LogP contribution in [0.5, 0.6) is 0 Å². The minimum Gasteiger partial charge on any atom is -0.314 e. The van der Waals surface area contributed by atoms with E-state index in [0.717, 1.165) is 26.2 Å². The molecule has 0 unspecified atom stereocenters. The van der Waals surface area contributed by atoms with Crippen LogP contribution in [0, 0.1) is 11.1 Å². The van der Waals surface area contributed by atoms with Crippen molar-refractivity contribution in [3.05, 3.63) is 0 Å². The average molecular weight is 294 g/mol. The molecule has 1 fully saturated rings. The highest BCUT2D eigenvalue weighted by atomic mass is 32.1. The molecule has 12 heteroatoms. The molecule has 0 aromatic carbocycles. The third-order valence-corrected chi connectivity index (χ3v) is 1.83. The van der Waals surface area contributed by atoms with E-state index in [1.165, 1.54) is 0 Å². The summed E-state index contributed by atoms with van der Waals surface area (Å²) < 4.78 is 0. The number of nitrogens with zero attached hydrogens (tertiary/aromatic N) is 2. The van der Waals surface area contributed by atoms with Crippen molar-refractivity contribution in [1.82, 2.24) is 21.5 Å². The van der Waals surface area contributed by atoms with Crippen molar-refractivity contribution in [2.45, 2.75) is 0 Å². The van der Waals surface area contributed by atoms with Gasteiger partial charge in [0.15, 0.2) is 0 Å². The molecule has 1 aliphatic rings. The maximum atomic E-state index is 6.15. The lowest BCUT2D eigenvalue weighted by molar-refractivity contribution is 0.534. The highest BCUT2D eigenvalue weighted by molar-refractivity contribution is 7.80. The molecule has 1 saturated heterocycles. The molecule has 0 atom stereocenters. The van der Waals surface area contributed by atoms with Gasteiger partial charge in [0, 0.05) is 26.2 Å². The van der Waals surface area contributed by atoms with E-state index >= 15 is 0 Å². The second-order valence-electron chi connectivity index (χ2n) is 2.62. The van der Waals surface area contributed by atoms with Crippen LogP contribution in [0.4, 0.5) is 0 Å². The highest BCUT2D eigenvalue weighted by Crippen LogP contribution is 1.65. The van der Waals surface area contributed by atoms with Crippen molar-refractivity contribution in [3.8, 4) is 0 Å². The molecule has 0 aliphatic carbocycles. The summed E-state index contributed by atoms with van der Waals surface area (Å²) in [5, 5.41) is 11.9. The Labute approximate surface area is 116 Å². The van der Waals surface area contributed by atoms with Gasteiger partial charge >= 0.3 is 0 Å². The van der Waals surface area contributed by atoms with Crippen LogP contribution in [0.25, 0.3) is 0 Å². The monoisotopic (exact) mass is 294 g/mol. The van der Waals surface area contributed by atoms with E-state index in [9.17, 15) is 0 Å². The van der Waals surface area contributed by atoms with Crippen LogP contribution in [0.3, 0.4) is 0 Å². The third-order valence-electron chi connectivity index (χ3n) is 1.41. The Hall–Kier alpha value is -1.18. The highest BCUT2D eigenvalue weighted by Gasteiger charge is 1.91. The van der Waals surface area contributed by atoms with Crippen molar-refractivity contribution in [2.24, 2.45) is 21.9 Å². The predicted octanol–water partition coefficient (Wildman–Crippen LogP) is -1.29. The Balaban J connectivity index is 0. The Morgan fingerprint density at radius 2 is 1.17 bits per heavy atom. The van der Waals surface area contributed by atoms with Gasteiger partial charge in [-0.05, 0) is 24.4 Å². The number of hydrogen-bond donors (Lipinski definition) is 8. The molecule has 10 N–H and O–H groups in total. The molecule has 0 amide bonds. The first kappa shape index (κ1) is 19.2. The molecule has 1 rings (SSSR count). The van der Waals surface area contributed by atoms with Gasteiger partial charge in [0.05, 0.1) is 0 Å². The quantitative estimate of drug-likeness (QED) is 0.118. The zero-order valence-electron chi connectivity index (χ0n) is 9.69. The second-order valence-corrected chi connectivity index (χ2v) is 3.40. The number of rotatable bonds is 0. The topological polar surface area (TPSA) is 173 Å². The van der Waals surface area contributed by atoms with E-state index in [0.29, 0.717) is 0 Å². The van der Waals surface area contributed by atoms with Crippen molar-refractivity contribution >= 4 is 34.7 Å². The second kappa shape index (κ2) is 15.8. The standard InChI is InChI=1S/C4H10N2.2CH4N4S/c1-2-6-4-3-5-1;2*2-4-1(6)5-3/h5-6H,1-4H2;2*2H,3H2,(H,5,6). The summed E-state index contributed by atoms with van der Waals surface area (Å²) in [7, 11) is 0. The van der Waals surface area contributed by atoms with Gasteiger partial charge < -0.3 is 10.6 Å². The molecular formula is C6H18N10S2. The minimum atomic E-state index is -0.00463. The molecule has 10 nitrogen and oxygen atoms in total. The lowest BCUT2D eigenvalue weighted by Crippen LogP contribution is -2.39. The fourth-order valence-electron chi connectivity index (χ4n) is 0.668. The third kappa shape index (κ3) is 17.2. The summed E-state index contributed by atoms with van der Waals surface area (Å²) in [6, 6.07) is 0. The summed E-state index contributed by atoms with van der Waals surface area (Å²) in [4.78, 5) is 0. The Bertz CT molecular complexity index is 221. The molecule has 0 saturated carbocycles. The SMILES string of the molecule is C1CNCCN1.N=NC(=S)NN.N=NC(=S)NN. The van der Waals surface area contributed by atoms with Gasteiger partial charge in [-0.1, -0.05) is 0 Å². The zero-order chi connectivity index (χ0) is 14.2. The van der Waals surface area contributed by atoms with Crippen LogP contribution in [-0.2, 0) is 0 Å². The van der Waals surface area contributed by atoms with Crippen LogP contribution in [0.2, 0.25) is 0 Å². The number of hydrogen-bond acceptors (Lipinski definition) is 8. The molecule has 104 valence electrons. The largest absolute Gasteiger partial charge is 0.314 e. The molecule has 0 bridgehead atoms. The van der Waals surface area contributed by atoms with E-state index in [1.54, 1.807) is 0 Å². The Kier molecular flexibility index (Phi) is 16.8. The summed E-state index contributed by atoms with van der Waals surface area (Å²) in [5.74, 6) is 9.36. The Morgan fingerprint density at radius 3 is 1.22 bits per heavy atom. The van der Waals surface area contributed by atoms with Crippen molar-refractivity contribution in [2.75, 3.05) is 26.2 Å². The molecule has 0 aromatic heterocycles. The molecular weight excluding hydrogens is 276 g/mol. The molecule has 0 aromatic rings. The Morgan fingerprint density at radius 1 is 0.889 bits per heavy atom. The lowest BCUT2D eigenvalue weighted by atomic mass is 10.4. The van der Waals surface area contributed by atoms with Crippen LogP contribution < -0.4 is 33.2 Å². The smallest absolute Gasteiger partial charge is 0.227 e. The summed E-state index contributed by atoms with van der Waals surface area (Å²) in [5.41, 5.74) is 16.3. The van der Waals surface area contributed by atoms with E-state index in [2.05, 4.69) is 57.0 Å². The van der Waals surface area contributed by atoms with Crippen molar-refractivity contribution < 1.29 is 0 Å². The van der Waals surface area contributed by atoms with Gasteiger partial charge in [-0.3, -0.25) is 10.9 Å². The first-order chi connectivity index (χ1) is 8.62. The van der Waals surface area contributed by atoms with Crippen molar-refractivity contribution in [1.29, 1.82) is 11.1 Å². The summed E-state index contributed by atoms with van der Waals surface area (Å²) in [6.45, 7) is 4.56. The fraction of sp³-hybridized carbons (Fsp3) is 0.667. The zero-order valence-corrected chi connectivity index (χ0v) is 11.3. The predicted molar refractivity (Wildman–Crippen MR) is 75.9 cm³/mol. The van der Waals surface area contributed by atoms with Gasteiger partial charge in [-0.2, -0.15) is 0 Å². The first-order valence-electron chi connectivity index (χ1n) is 4.79. The van der Waals surface area contributed by atoms with Crippen LogP contribution in [-0.4, -0.2) is 36.4 Å². The first-order valence-corrected chi connectivity index (χ1v) is 5.61. The maximum Gasteiger partial charge on any atom is 0.227 e. The van der Waals surface area contributed by atoms with Gasteiger partial charge in [-0.25, -0.2) is 22.7 Å². The van der Waals surface area contributed by atoms with E-state index in [1.807, 2.05) is 10.9 Å². The number of piperazine rings is 1. The molecule has 1 heterocycles.